The number of H-pyrrole nitrogens is 1. The molecule has 1 N–H and O–H groups in total. The lowest BCUT2D eigenvalue weighted by molar-refractivity contribution is 1.09. The SMILES string of the molecule is c1[15n]c[15nH][15n]1. The van der Waals surface area contributed by atoms with E-state index in [0.717, 1.165) is 0 Å². The average Bonchev–Trinajstić information content (AvgIpc) is 1.76. The molecule has 0 aromatic carbocycles. The van der Waals surface area contributed by atoms with Gasteiger partial charge < -0.3 is 0 Å². The molecule has 0 aliphatic carbocycles. The molecule has 0 unspecified atom stereocenters. The zero-order chi connectivity index (χ0) is 3.54. The minimum atomic E-state index is 1.44. The molecular formula is C2H3N3. The van der Waals surface area contributed by atoms with Crippen molar-refractivity contribution in [3.05, 3.63) is 12.7 Å². The summed E-state index contributed by atoms with van der Waals surface area (Å²) in [6.07, 6.45) is 2.96. The molecule has 0 saturated heterocycles. The molecule has 0 amide bonds. The van der Waals surface area contributed by atoms with E-state index in [1.165, 1.54) is 12.7 Å². The van der Waals surface area contributed by atoms with Crippen molar-refractivity contribution in [1.82, 2.24) is 15.2 Å². The summed E-state index contributed by atoms with van der Waals surface area (Å²) in [5, 5.41) is 5.99. The summed E-state index contributed by atoms with van der Waals surface area (Å²) in [6.45, 7) is 0. The van der Waals surface area contributed by atoms with Crippen LogP contribution in [-0.4, -0.2) is 15.2 Å². The van der Waals surface area contributed by atoms with Crippen LogP contribution in [0, 0.1) is 0 Å². The monoisotopic (exact) mass is 72.0 g/mol. The third-order valence-corrected chi connectivity index (χ3v) is 0.331. The van der Waals surface area contributed by atoms with Gasteiger partial charge in [0.25, 0.3) is 0 Å². The third-order valence-electron chi connectivity index (χ3n) is 0.331. The maximum Gasteiger partial charge on any atom is 0.137 e. The Morgan fingerprint density at radius 3 is 2.80 bits per heavy atom. The van der Waals surface area contributed by atoms with E-state index in [9.17, 15) is 0 Å². The number of rotatable bonds is 0. The fraction of sp³-hybridized carbons (Fsp3) is 0. The van der Waals surface area contributed by atoms with Crippen LogP contribution < -0.4 is 0 Å². The van der Waals surface area contributed by atoms with E-state index in [0.29, 0.717) is 0 Å². The molecule has 0 saturated carbocycles. The number of nitrogens with one attached hydrogen (secondary N) is 1. The molecule has 0 radical (unpaired) electrons. The van der Waals surface area contributed by atoms with Crippen molar-refractivity contribution in [2.45, 2.75) is 0 Å². The van der Waals surface area contributed by atoms with Gasteiger partial charge in [-0.15, -0.1) is 0 Å². The van der Waals surface area contributed by atoms with Crippen LogP contribution in [0.4, 0.5) is 0 Å². The van der Waals surface area contributed by atoms with Crippen molar-refractivity contribution in [2.24, 2.45) is 0 Å². The van der Waals surface area contributed by atoms with Gasteiger partial charge in [0.2, 0.25) is 0 Å². The van der Waals surface area contributed by atoms with Gasteiger partial charge in [-0.05, 0) is 0 Å². The van der Waals surface area contributed by atoms with Crippen molar-refractivity contribution in [1.29, 1.82) is 0 Å². The molecule has 0 fully saturated rings. The summed E-state index contributed by atoms with van der Waals surface area (Å²) in [5.74, 6) is 0. The van der Waals surface area contributed by atoms with E-state index in [4.69, 9.17) is 0 Å². The zero-order valence-corrected chi connectivity index (χ0v) is 2.55. The Kier molecular flexibility index (Phi) is 0.400. The Bertz CT molecular complexity index is 61.4. The van der Waals surface area contributed by atoms with Crippen molar-refractivity contribution in [3.8, 4) is 0 Å². The Balaban J connectivity index is 3.13. The predicted octanol–water partition coefficient (Wildman–Crippen LogP) is -0.195. The maximum atomic E-state index is 3.56. The van der Waals surface area contributed by atoms with Gasteiger partial charge >= 0.3 is 0 Å². The summed E-state index contributed by atoms with van der Waals surface area (Å²) in [4.78, 5) is 3.56. The molecule has 5 heavy (non-hydrogen) atoms. The fourth-order valence-corrected chi connectivity index (χ4v) is 0.167. The number of hydrogen-bond acceptors (Lipinski definition) is 2. The summed E-state index contributed by atoms with van der Waals surface area (Å²) in [5.41, 5.74) is 0. The quantitative estimate of drug-likeness (QED) is 0.461. The van der Waals surface area contributed by atoms with Crippen molar-refractivity contribution in [3.63, 3.8) is 0 Å². The highest BCUT2D eigenvalue weighted by Crippen LogP contribution is 1.53. The van der Waals surface area contributed by atoms with Gasteiger partial charge in [0.15, 0.2) is 0 Å². The Labute approximate surface area is 29.0 Å². The summed E-state index contributed by atoms with van der Waals surface area (Å²) in [6, 6.07) is 0. The molecule has 3 heteroatoms. The van der Waals surface area contributed by atoms with E-state index in [1.54, 1.807) is 0 Å². The van der Waals surface area contributed by atoms with Crippen LogP contribution in [0.2, 0.25) is 0 Å². The minimum Gasteiger partial charge on any atom is -0.266 e. The lowest BCUT2D eigenvalue weighted by atomic mass is 11.5. The molecule has 0 atom stereocenters. The molecule has 0 aliphatic rings. The first-order valence-electron chi connectivity index (χ1n) is 1.29. The van der Waals surface area contributed by atoms with E-state index in [1.807, 2.05) is 0 Å². The first kappa shape index (κ1) is 2.38. The Hall–Kier alpha value is -0.860. The van der Waals surface area contributed by atoms with Gasteiger partial charge in [-0.25, -0.2) is 4.98 Å². The highest BCUT2D eigenvalue weighted by molar-refractivity contribution is 4.43. The third kappa shape index (κ3) is 0.238. The van der Waals surface area contributed by atoms with E-state index in [2.05, 4.69) is 15.2 Å². The van der Waals surface area contributed by atoms with E-state index < -0.39 is 0 Å². The van der Waals surface area contributed by atoms with Crippen LogP contribution >= 0.6 is 0 Å². The second-order valence-corrected chi connectivity index (χ2v) is 0.652. The van der Waals surface area contributed by atoms with Gasteiger partial charge in [-0.1, -0.05) is 0 Å². The van der Waals surface area contributed by atoms with Gasteiger partial charge in [-0.3, -0.25) is 5.10 Å². The van der Waals surface area contributed by atoms with Crippen molar-refractivity contribution < 1.29 is 0 Å². The number of aromatic nitrogens is 3. The van der Waals surface area contributed by atoms with Crippen LogP contribution in [-0.2, 0) is 0 Å². The molecule has 0 aliphatic heterocycles. The second kappa shape index (κ2) is 0.839. The molecular weight excluding hydrogens is 69.0 g/mol. The predicted molar refractivity (Wildman–Crippen MR) is 16.4 cm³/mol. The van der Waals surface area contributed by atoms with Gasteiger partial charge in [0.1, 0.15) is 12.7 Å². The molecule has 0 bridgehead atoms. The van der Waals surface area contributed by atoms with E-state index in [-0.39, 0.29) is 0 Å². The molecule has 3 nitrogen and oxygen atoms in total. The standard InChI is InChI=1S/C2H3N3/c1-3-2-5-4-1/h1-2H,(H,3,4,5)/i3+1,4+1,5+1. The van der Waals surface area contributed by atoms with E-state index >= 15 is 0 Å². The van der Waals surface area contributed by atoms with Crippen molar-refractivity contribution >= 4 is 0 Å². The summed E-state index contributed by atoms with van der Waals surface area (Å²) < 4.78 is 0. The first-order valence-corrected chi connectivity index (χ1v) is 1.29. The van der Waals surface area contributed by atoms with Crippen molar-refractivity contribution in [2.75, 3.05) is 0 Å². The highest BCUT2D eigenvalue weighted by Gasteiger charge is 1.57. The minimum absolute atomic E-state index is 1.44. The molecule has 1 rings (SSSR count). The molecule has 1 heterocycles. The normalized spacial score (nSPS) is 8.00. The van der Waals surface area contributed by atoms with Crippen LogP contribution in [0.5, 0.6) is 0 Å². The van der Waals surface area contributed by atoms with Crippen LogP contribution in [0.1, 0.15) is 0 Å². The van der Waals surface area contributed by atoms with Crippen LogP contribution in [0.25, 0.3) is 0 Å². The molecule has 26 valence electrons. The molecule has 1 aromatic rings. The fourth-order valence-electron chi connectivity index (χ4n) is 0.167. The van der Waals surface area contributed by atoms with Gasteiger partial charge in [-0.2, -0.15) is 5.10 Å². The van der Waals surface area contributed by atoms with Crippen LogP contribution in [0.3, 0.4) is 0 Å². The van der Waals surface area contributed by atoms with Crippen LogP contribution in [0.15, 0.2) is 12.7 Å². The molecule has 0 spiro atoms. The summed E-state index contributed by atoms with van der Waals surface area (Å²) >= 11 is 0. The lowest BCUT2D eigenvalue weighted by Gasteiger charge is -1.46. The topological polar surface area (TPSA) is 41.6 Å². The van der Waals surface area contributed by atoms with Gasteiger partial charge in [0.05, 0.1) is 0 Å². The second-order valence-electron chi connectivity index (χ2n) is 0.652. The van der Waals surface area contributed by atoms with Gasteiger partial charge in [0, 0.05) is 0 Å². The highest BCUT2D eigenvalue weighted by atomic mass is 16.1. The Morgan fingerprint density at radius 2 is 2.60 bits per heavy atom. The Morgan fingerprint density at radius 1 is 1.60 bits per heavy atom. The summed E-state index contributed by atoms with van der Waals surface area (Å²) in [7, 11) is 0. The largest absolute Gasteiger partial charge is 0.266 e. The number of hydrogen-bond donors (Lipinski definition) is 1. The zero-order valence-electron chi connectivity index (χ0n) is 2.55. The first-order chi connectivity index (χ1) is 2.50. The smallest absolute Gasteiger partial charge is 0.137 e. The number of aromatic amines is 1. The lowest BCUT2D eigenvalue weighted by Crippen LogP contribution is -1.53. The maximum absolute atomic E-state index is 3.56. The average molecular weight is 72.0 g/mol. The molecule has 1 aromatic heterocycles. The number of nitrogens with zero attached hydrogens (tertiary/aromatic N) is 2.